The molecule has 0 radical (unpaired) electrons. The van der Waals surface area contributed by atoms with E-state index >= 15 is 0 Å². The van der Waals surface area contributed by atoms with Gasteiger partial charge in [0.2, 0.25) is 0 Å². The number of aliphatic hydroxyl groups excluding tert-OH is 1. The normalized spacial score (nSPS) is 17.6. The van der Waals surface area contributed by atoms with Crippen LogP contribution in [0.5, 0.6) is 0 Å². The number of carbonyl (C=O) groups excluding carboxylic acids is 1. The lowest BCUT2D eigenvalue weighted by atomic mass is 9.88. The summed E-state index contributed by atoms with van der Waals surface area (Å²) in [6.07, 6.45) is 9.24. The Labute approximate surface area is 161 Å². The van der Waals surface area contributed by atoms with E-state index in [2.05, 4.69) is 27.7 Å². The summed E-state index contributed by atoms with van der Waals surface area (Å²) in [4.78, 5) is 10.8. The fourth-order valence-electron chi connectivity index (χ4n) is 3.33. The minimum Gasteiger partial charge on any atom is -0.463 e. The van der Waals surface area contributed by atoms with E-state index in [1.54, 1.807) is 6.92 Å². The topological polar surface area (TPSA) is 66.8 Å². The van der Waals surface area contributed by atoms with Crippen LogP contribution < -0.4 is 0 Å². The molecule has 26 heavy (non-hydrogen) atoms. The summed E-state index contributed by atoms with van der Waals surface area (Å²) in [6.45, 7) is 12.0. The Morgan fingerprint density at radius 1 is 0.923 bits per heavy atom. The Bertz CT molecular complexity index is 365. The summed E-state index contributed by atoms with van der Waals surface area (Å²) in [6, 6.07) is 0. The third-order valence-corrected chi connectivity index (χ3v) is 5.41. The van der Waals surface area contributed by atoms with Gasteiger partial charge in [0, 0.05) is 6.92 Å². The first-order valence-electron chi connectivity index (χ1n) is 10.6. The second-order valence-electron chi connectivity index (χ2n) is 9.03. The van der Waals surface area contributed by atoms with E-state index < -0.39 is 17.7 Å². The fraction of sp³-hybridized carbons (Fsp3) is 0.955. The molecule has 0 spiro atoms. The Morgan fingerprint density at radius 2 is 1.38 bits per heavy atom. The summed E-state index contributed by atoms with van der Waals surface area (Å²) < 4.78 is 4.78. The third-order valence-electron chi connectivity index (χ3n) is 5.41. The lowest BCUT2D eigenvalue weighted by Crippen LogP contribution is -2.42. The van der Waals surface area contributed by atoms with Crippen LogP contribution >= 0.6 is 0 Å². The van der Waals surface area contributed by atoms with E-state index in [-0.39, 0.29) is 6.61 Å². The average molecular weight is 373 g/mol. The van der Waals surface area contributed by atoms with Crippen molar-refractivity contribution in [3.8, 4) is 0 Å². The summed E-state index contributed by atoms with van der Waals surface area (Å²) in [5.41, 5.74) is -1.21. The fourth-order valence-corrected chi connectivity index (χ4v) is 3.33. The van der Waals surface area contributed by atoms with Gasteiger partial charge in [0.1, 0.15) is 12.7 Å². The maximum atomic E-state index is 10.8. The van der Waals surface area contributed by atoms with Crippen molar-refractivity contribution < 1.29 is 19.7 Å². The van der Waals surface area contributed by atoms with Crippen LogP contribution in [0.25, 0.3) is 0 Å². The van der Waals surface area contributed by atoms with Gasteiger partial charge >= 0.3 is 5.97 Å². The summed E-state index contributed by atoms with van der Waals surface area (Å²) >= 11 is 0. The van der Waals surface area contributed by atoms with E-state index in [0.717, 1.165) is 24.7 Å². The van der Waals surface area contributed by atoms with Crippen molar-refractivity contribution in [2.45, 2.75) is 111 Å². The number of hydrogen-bond acceptors (Lipinski definition) is 4. The number of hydrogen-bond donors (Lipinski definition) is 2. The van der Waals surface area contributed by atoms with Gasteiger partial charge in [-0.15, -0.1) is 0 Å². The molecule has 0 fully saturated rings. The van der Waals surface area contributed by atoms with Crippen molar-refractivity contribution in [1.29, 1.82) is 0 Å². The number of carbonyl (C=O) groups is 1. The lowest BCUT2D eigenvalue weighted by molar-refractivity contribution is -0.151. The van der Waals surface area contributed by atoms with Crippen LogP contribution in [0, 0.1) is 17.8 Å². The second-order valence-corrected chi connectivity index (χ2v) is 9.03. The molecule has 2 N–H and O–H groups in total. The van der Waals surface area contributed by atoms with Gasteiger partial charge in [-0.05, 0) is 31.1 Å². The smallest absolute Gasteiger partial charge is 0.302 e. The van der Waals surface area contributed by atoms with Gasteiger partial charge in [0.05, 0.1) is 5.60 Å². The maximum Gasteiger partial charge on any atom is 0.302 e. The molecular weight excluding hydrogens is 328 g/mol. The van der Waals surface area contributed by atoms with Crippen molar-refractivity contribution in [3.63, 3.8) is 0 Å². The summed E-state index contributed by atoms with van der Waals surface area (Å²) in [5, 5.41) is 20.3. The average Bonchev–Trinajstić information content (AvgIpc) is 2.51. The van der Waals surface area contributed by atoms with E-state index in [4.69, 9.17) is 4.74 Å². The zero-order chi connectivity index (χ0) is 20.2. The molecule has 156 valence electrons. The summed E-state index contributed by atoms with van der Waals surface area (Å²) in [7, 11) is 0. The van der Waals surface area contributed by atoms with Gasteiger partial charge in [0.15, 0.2) is 0 Å². The predicted octanol–water partition coefficient (Wildman–Crippen LogP) is 5.10. The Balaban J connectivity index is 3.84. The molecule has 0 aliphatic carbocycles. The highest BCUT2D eigenvalue weighted by molar-refractivity contribution is 5.65. The quantitative estimate of drug-likeness (QED) is 0.392. The second kappa shape index (κ2) is 13.5. The summed E-state index contributed by atoms with van der Waals surface area (Å²) in [5.74, 6) is 1.83. The Hall–Kier alpha value is -0.610. The first kappa shape index (κ1) is 25.4. The van der Waals surface area contributed by atoms with Crippen molar-refractivity contribution in [1.82, 2.24) is 0 Å². The molecule has 0 aromatic heterocycles. The van der Waals surface area contributed by atoms with E-state index in [9.17, 15) is 15.0 Å². The molecule has 4 nitrogen and oxygen atoms in total. The van der Waals surface area contributed by atoms with Gasteiger partial charge in [-0.1, -0.05) is 79.1 Å². The van der Waals surface area contributed by atoms with Crippen LogP contribution in [-0.2, 0) is 9.53 Å². The van der Waals surface area contributed by atoms with Gasteiger partial charge in [-0.2, -0.15) is 0 Å². The van der Waals surface area contributed by atoms with Crippen LogP contribution in [0.4, 0.5) is 0 Å². The number of rotatable bonds is 15. The minimum atomic E-state index is -1.21. The zero-order valence-electron chi connectivity index (χ0n) is 18.1. The SMILES string of the molecule is CC(=O)OC[C@@H](O)[C@](C)(O)CCC[C@@H](C)CCC[C@@H](C)CCCC(C)C. The van der Waals surface area contributed by atoms with Crippen molar-refractivity contribution >= 4 is 5.97 Å². The molecule has 0 heterocycles. The standard InChI is InChI=1S/C22H44O4/c1-17(2)10-7-11-18(3)12-8-13-19(4)14-9-15-22(6,25)21(24)16-26-20(5)23/h17-19,21,24-25H,7-16H2,1-6H3/t18-,19-,21+,22+/m0/s1. The van der Waals surface area contributed by atoms with E-state index in [1.165, 1.54) is 45.4 Å². The number of esters is 1. The van der Waals surface area contributed by atoms with Crippen LogP contribution in [0.2, 0.25) is 0 Å². The Kier molecular flexibility index (Phi) is 13.2. The van der Waals surface area contributed by atoms with Gasteiger partial charge in [-0.25, -0.2) is 0 Å². The van der Waals surface area contributed by atoms with Crippen LogP contribution in [0.3, 0.4) is 0 Å². The van der Waals surface area contributed by atoms with Gasteiger partial charge in [0.25, 0.3) is 0 Å². The monoisotopic (exact) mass is 372 g/mol. The third kappa shape index (κ3) is 13.6. The minimum absolute atomic E-state index is 0.146. The molecule has 0 aromatic rings. The Morgan fingerprint density at radius 3 is 1.85 bits per heavy atom. The van der Waals surface area contributed by atoms with Gasteiger partial charge in [-0.3, -0.25) is 4.79 Å². The lowest BCUT2D eigenvalue weighted by Gasteiger charge is -2.29. The molecule has 0 amide bonds. The molecule has 0 saturated carbocycles. The van der Waals surface area contributed by atoms with Crippen LogP contribution in [0.15, 0.2) is 0 Å². The molecular formula is C22H44O4. The van der Waals surface area contributed by atoms with Crippen molar-refractivity contribution in [2.24, 2.45) is 17.8 Å². The van der Waals surface area contributed by atoms with E-state index in [1.807, 2.05) is 0 Å². The molecule has 0 saturated heterocycles. The van der Waals surface area contributed by atoms with Crippen molar-refractivity contribution in [3.05, 3.63) is 0 Å². The van der Waals surface area contributed by atoms with Gasteiger partial charge < -0.3 is 14.9 Å². The predicted molar refractivity (Wildman–Crippen MR) is 108 cm³/mol. The highest BCUT2D eigenvalue weighted by Gasteiger charge is 2.30. The van der Waals surface area contributed by atoms with E-state index in [0.29, 0.717) is 12.3 Å². The van der Waals surface area contributed by atoms with Crippen molar-refractivity contribution in [2.75, 3.05) is 6.61 Å². The molecule has 0 aliphatic heterocycles. The molecule has 4 atom stereocenters. The molecule has 0 unspecified atom stereocenters. The van der Waals surface area contributed by atoms with Crippen LogP contribution in [-0.4, -0.2) is 34.5 Å². The molecule has 0 bridgehead atoms. The maximum absolute atomic E-state index is 10.8. The molecule has 4 heteroatoms. The largest absolute Gasteiger partial charge is 0.463 e. The highest BCUT2D eigenvalue weighted by Crippen LogP contribution is 2.24. The zero-order valence-corrected chi connectivity index (χ0v) is 18.1. The van der Waals surface area contributed by atoms with Crippen LogP contribution in [0.1, 0.15) is 99.3 Å². The first-order chi connectivity index (χ1) is 12.0. The molecule has 0 aliphatic rings. The first-order valence-corrected chi connectivity index (χ1v) is 10.6. The molecule has 0 rings (SSSR count). The number of aliphatic hydroxyl groups is 2. The number of ether oxygens (including phenoxy) is 1. The molecule has 0 aromatic carbocycles. The highest BCUT2D eigenvalue weighted by atomic mass is 16.5.